The first-order valence-electron chi connectivity index (χ1n) is 10.7. The molecule has 0 saturated heterocycles. The zero-order chi connectivity index (χ0) is 22.2. The molecule has 0 aliphatic carbocycles. The smallest absolute Gasteiger partial charge is 0.274 e. The average molecular weight is 425 g/mol. The van der Waals surface area contributed by atoms with E-state index in [1.807, 2.05) is 61.8 Å². The Balaban J connectivity index is 1.75. The van der Waals surface area contributed by atoms with Crippen LogP contribution in [-0.2, 0) is 17.7 Å². The lowest BCUT2D eigenvalue weighted by Gasteiger charge is -2.17. The van der Waals surface area contributed by atoms with Crippen molar-refractivity contribution >= 4 is 11.6 Å². The Morgan fingerprint density at radius 2 is 2.03 bits per heavy atom. The fraction of sp³-hybridized carbons (Fsp3) is 0.417. The molecular formula is C24H32N4O3. The van der Waals surface area contributed by atoms with Crippen molar-refractivity contribution < 1.29 is 14.6 Å². The van der Waals surface area contributed by atoms with E-state index in [2.05, 4.69) is 22.4 Å². The van der Waals surface area contributed by atoms with E-state index < -0.39 is 6.10 Å². The van der Waals surface area contributed by atoms with Crippen molar-refractivity contribution in [2.75, 3.05) is 33.4 Å². The second-order valence-corrected chi connectivity index (χ2v) is 7.70. The van der Waals surface area contributed by atoms with Crippen LogP contribution >= 0.6 is 0 Å². The summed E-state index contributed by atoms with van der Waals surface area (Å²) in [6.07, 6.45) is 2.10. The number of likely N-dealkylation sites (N-methyl/N-ethyl adjacent to an activating group) is 1. The number of aromatic nitrogens is 2. The van der Waals surface area contributed by atoms with Crippen molar-refractivity contribution in [1.82, 2.24) is 19.6 Å². The first-order chi connectivity index (χ1) is 15.0. The molecule has 1 amide bonds. The molecule has 166 valence electrons. The monoisotopic (exact) mass is 424 g/mol. The zero-order valence-corrected chi connectivity index (χ0v) is 18.5. The highest BCUT2D eigenvalue weighted by molar-refractivity contribution is 5.94. The van der Waals surface area contributed by atoms with Crippen molar-refractivity contribution in [1.29, 1.82) is 0 Å². The van der Waals surface area contributed by atoms with E-state index in [0.717, 1.165) is 23.3 Å². The third kappa shape index (κ3) is 5.91. The van der Waals surface area contributed by atoms with Gasteiger partial charge in [-0.3, -0.25) is 4.79 Å². The molecule has 7 nitrogen and oxygen atoms in total. The molecule has 3 aromatic rings. The Bertz CT molecular complexity index is 987. The highest BCUT2D eigenvalue weighted by Crippen LogP contribution is 2.18. The van der Waals surface area contributed by atoms with Gasteiger partial charge in [-0.15, -0.1) is 0 Å². The highest BCUT2D eigenvalue weighted by atomic mass is 16.5. The second kappa shape index (κ2) is 11.0. The van der Waals surface area contributed by atoms with Crippen molar-refractivity contribution in [2.45, 2.75) is 32.9 Å². The van der Waals surface area contributed by atoms with Crippen molar-refractivity contribution in [3.63, 3.8) is 0 Å². The molecule has 0 aliphatic heterocycles. The summed E-state index contributed by atoms with van der Waals surface area (Å²) in [7, 11) is 1.81. The van der Waals surface area contributed by atoms with Crippen LogP contribution in [0, 0.1) is 6.92 Å². The predicted molar refractivity (Wildman–Crippen MR) is 121 cm³/mol. The molecule has 2 heterocycles. The number of hydrogen-bond donors (Lipinski definition) is 2. The summed E-state index contributed by atoms with van der Waals surface area (Å²) in [5, 5.41) is 13.3. The van der Waals surface area contributed by atoms with Gasteiger partial charge in [-0.2, -0.15) is 0 Å². The fourth-order valence-electron chi connectivity index (χ4n) is 3.49. The van der Waals surface area contributed by atoms with Gasteiger partial charge in [0, 0.05) is 39.5 Å². The SMILES string of the molecule is CCOC[C@@H](O)CNCc1c(C(=O)N(C)CCc2ccccc2)nc2c(C)cccn12. The van der Waals surface area contributed by atoms with E-state index >= 15 is 0 Å². The number of fused-ring (bicyclic) bond motifs is 1. The van der Waals surface area contributed by atoms with E-state index in [-0.39, 0.29) is 12.5 Å². The number of benzene rings is 1. The summed E-state index contributed by atoms with van der Waals surface area (Å²) in [5.74, 6) is -0.106. The number of hydrogen-bond acceptors (Lipinski definition) is 5. The Morgan fingerprint density at radius 1 is 1.26 bits per heavy atom. The standard InChI is InChI=1S/C24H32N4O3/c1-4-31-17-20(29)15-25-16-21-22(26-23-18(2)9-8-13-28(21)23)24(30)27(3)14-12-19-10-6-5-7-11-19/h5-11,13,20,25,29H,4,12,14-17H2,1-3H3/t20-/m0/s1. The van der Waals surface area contributed by atoms with Crippen molar-refractivity contribution in [2.24, 2.45) is 0 Å². The molecular weight excluding hydrogens is 392 g/mol. The normalized spacial score (nSPS) is 12.3. The maximum atomic E-state index is 13.3. The van der Waals surface area contributed by atoms with Crippen LogP contribution in [0.1, 0.15) is 34.2 Å². The van der Waals surface area contributed by atoms with E-state index in [9.17, 15) is 9.90 Å². The minimum atomic E-state index is -0.603. The molecule has 1 atom stereocenters. The van der Waals surface area contributed by atoms with Crippen LogP contribution in [-0.4, -0.2) is 64.8 Å². The number of nitrogens with zero attached hydrogens (tertiary/aromatic N) is 3. The van der Waals surface area contributed by atoms with Gasteiger partial charge in [0.2, 0.25) is 0 Å². The predicted octanol–water partition coefficient (Wildman–Crippen LogP) is 2.44. The summed E-state index contributed by atoms with van der Waals surface area (Å²) in [5.41, 5.74) is 4.20. The van der Waals surface area contributed by atoms with Crippen LogP contribution in [0.5, 0.6) is 0 Å². The number of amides is 1. The van der Waals surface area contributed by atoms with E-state index in [0.29, 0.717) is 31.9 Å². The minimum Gasteiger partial charge on any atom is -0.389 e. The average Bonchev–Trinajstić information content (AvgIpc) is 3.16. The van der Waals surface area contributed by atoms with Crippen LogP contribution in [0.3, 0.4) is 0 Å². The number of carbonyl (C=O) groups is 1. The lowest BCUT2D eigenvalue weighted by molar-refractivity contribution is 0.0426. The molecule has 0 saturated carbocycles. The molecule has 2 aromatic heterocycles. The highest BCUT2D eigenvalue weighted by Gasteiger charge is 2.22. The van der Waals surface area contributed by atoms with Crippen LogP contribution < -0.4 is 5.32 Å². The van der Waals surface area contributed by atoms with Gasteiger partial charge in [-0.05, 0) is 37.5 Å². The maximum Gasteiger partial charge on any atom is 0.274 e. The largest absolute Gasteiger partial charge is 0.389 e. The number of rotatable bonds is 11. The van der Waals surface area contributed by atoms with Gasteiger partial charge in [-0.1, -0.05) is 36.4 Å². The molecule has 0 radical (unpaired) electrons. The van der Waals surface area contributed by atoms with Gasteiger partial charge in [0.25, 0.3) is 5.91 Å². The quantitative estimate of drug-likeness (QED) is 0.494. The Hall–Kier alpha value is -2.74. The van der Waals surface area contributed by atoms with Crippen molar-refractivity contribution in [3.05, 3.63) is 71.2 Å². The number of aliphatic hydroxyl groups excluding tert-OH is 1. The molecule has 0 aliphatic rings. The maximum absolute atomic E-state index is 13.3. The number of nitrogens with one attached hydrogen (secondary N) is 1. The third-order valence-electron chi connectivity index (χ3n) is 5.26. The molecule has 1 aromatic carbocycles. The van der Waals surface area contributed by atoms with Crippen LogP contribution in [0.15, 0.2) is 48.7 Å². The summed E-state index contributed by atoms with van der Waals surface area (Å²) >= 11 is 0. The van der Waals surface area contributed by atoms with E-state index in [1.165, 1.54) is 5.56 Å². The second-order valence-electron chi connectivity index (χ2n) is 7.70. The fourth-order valence-corrected chi connectivity index (χ4v) is 3.49. The molecule has 7 heteroatoms. The third-order valence-corrected chi connectivity index (χ3v) is 5.26. The molecule has 2 N–H and O–H groups in total. The van der Waals surface area contributed by atoms with Gasteiger partial charge in [0.1, 0.15) is 5.65 Å². The zero-order valence-electron chi connectivity index (χ0n) is 18.5. The Kier molecular flexibility index (Phi) is 8.17. The number of ether oxygens (including phenoxy) is 1. The van der Waals surface area contributed by atoms with Gasteiger partial charge in [0.05, 0.1) is 18.4 Å². The number of aryl methyl sites for hydroxylation is 1. The molecule has 3 rings (SSSR count). The summed E-state index contributed by atoms with van der Waals surface area (Å²) in [6.45, 7) is 6.13. The Labute approximate surface area is 183 Å². The van der Waals surface area contributed by atoms with Crippen LogP contribution in [0.25, 0.3) is 5.65 Å². The number of pyridine rings is 1. The van der Waals surface area contributed by atoms with E-state index in [1.54, 1.807) is 4.90 Å². The topological polar surface area (TPSA) is 79.1 Å². The summed E-state index contributed by atoms with van der Waals surface area (Å²) in [4.78, 5) is 19.7. The number of imidazole rings is 1. The van der Waals surface area contributed by atoms with Crippen LogP contribution in [0.2, 0.25) is 0 Å². The van der Waals surface area contributed by atoms with Crippen LogP contribution in [0.4, 0.5) is 0 Å². The Morgan fingerprint density at radius 3 is 2.77 bits per heavy atom. The summed E-state index contributed by atoms with van der Waals surface area (Å²) in [6, 6.07) is 14.1. The van der Waals surface area contributed by atoms with Gasteiger partial charge in [-0.25, -0.2) is 4.98 Å². The molecule has 0 fully saturated rings. The number of aliphatic hydroxyl groups is 1. The van der Waals surface area contributed by atoms with Gasteiger partial charge in [0.15, 0.2) is 5.69 Å². The molecule has 0 spiro atoms. The minimum absolute atomic E-state index is 0.106. The summed E-state index contributed by atoms with van der Waals surface area (Å²) < 4.78 is 7.21. The number of carbonyl (C=O) groups excluding carboxylic acids is 1. The molecule has 0 unspecified atom stereocenters. The lowest BCUT2D eigenvalue weighted by atomic mass is 10.1. The van der Waals surface area contributed by atoms with E-state index in [4.69, 9.17) is 4.74 Å². The van der Waals surface area contributed by atoms with Gasteiger partial charge >= 0.3 is 0 Å². The first-order valence-corrected chi connectivity index (χ1v) is 10.7. The van der Waals surface area contributed by atoms with Crippen molar-refractivity contribution in [3.8, 4) is 0 Å². The molecule has 31 heavy (non-hydrogen) atoms. The van der Waals surface area contributed by atoms with Gasteiger partial charge < -0.3 is 24.5 Å². The lowest BCUT2D eigenvalue weighted by Crippen LogP contribution is -2.33. The molecule has 0 bridgehead atoms. The first kappa shape index (κ1) is 22.9.